The van der Waals surface area contributed by atoms with Gasteiger partial charge >= 0.3 is 0 Å². The zero-order chi connectivity index (χ0) is 13.5. The monoisotopic (exact) mass is 323 g/mol. The first-order valence-electron chi connectivity index (χ1n) is 6.56. The van der Waals surface area contributed by atoms with Gasteiger partial charge in [0.15, 0.2) is 0 Å². The molecule has 1 aromatic carbocycles. The Balaban J connectivity index is 1.98. The van der Waals surface area contributed by atoms with Gasteiger partial charge in [0.05, 0.1) is 11.0 Å². The minimum atomic E-state index is 0.243. The van der Waals surface area contributed by atoms with Crippen LogP contribution in [0, 0.1) is 5.41 Å². The highest BCUT2D eigenvalue weighted by atomic mass is 79.9. The van der Waals surface area contributed by atoms with Gasteiger partial charge in [-0.3, -0.25) is 0 Å². The van der Waals surface area contributed by atoms with Gasteiger partial charge < -0.3 is 15.0 Å². The quantitative estimate of drug-likeness (QED) is 0.923. The fourth-order valence-corrected chi connectivity index (χ4v) is 3.04. The normalized spacial score (nSPS) is 18.8. The average molecular weight is 324 g/mol. The van der Waals surface area contributed by atoms with Crippen molar-refractivity contribution in [3.63, 3.8) is 0 Å². The van der Waals surface area contributed by atoms with Crippen molar-refractivity contribution >= 4 is 32.9 Å². The number of fused-ring (bicyclic) bond motifs is 1. The number of anilines is 1. The molecule has 0 bridgehead atoms. The number of rotatable bonds is 2. The topological polar surface area (TPSA) is 53.1 Å². The second kappa shape index (κ2) is 4.80. The maximum Gasteiger partial charge on any atom is 0.201 e. The van der Waals surface area contributed by atoms with Crippen molar-refractivity contribution in [1.82, 2.24) is 9.55 Å². The number of imidazole rings is 1. The molecule has 0 atom stereocenters. The molecule has 0 radical (unpaired) electrons. The van der Waals surface area contributed by atoms with Gasteiger partial charge in [-0.05, 0) is 36.5 Å². The lowest BCUT2D eigenvalue weighted by molar-refractivity contribution is 0.0163. The molecule has 0 unspecified atom stereocenters. The number of hydrogen-bond donors (Lipinski definition) is 1. The fraction of sp³-hybridized carbons (Fsp3) is 0.500. The number of nitrogens with two attached hydrogens (primary N) is 1. The van der Waals surface area contributed by atoms with Crippen molar-refractivity contribution in [2.24, 2.45) is 5.41 Å². The average Bonchev–Trinajstić information content (AvgIpc) is 2.65. The standard InChI is InChI=1S/C14H18BrN3O/c1-14(4-6-19-7-5-14)9-18-12-3-2-10(15)8-11(12)17-13(18)16/h2-3,8H,4-7,9H2,1H3,(H2,16,17). The van der Waals surface area contributed by atoms with Crippen LogP contribution in [0.5, 0.6) is 0 Å². The molecular weight excluding hydrogens is 306 g/mol. The first-order chi connectivity index (χ1) is 9.07. The van der Waals surface area contributed by atoms with Crippen LogP contribution in [0.4, 0.5) is 5.95 Å². The van der Waals surface area contributed by atoms with E-state index >= 15 is 0 Å². The van der Waals surface area contributed by atoms with E-state index in [0.717, 1.165) is 48.1 Å². The molecule has 0 amide bonds. The zero-order valence-electron chi connectivity index (χ0n) is 11.0. The molecule has 1 saturated heterocycles. The number of hydrogen-bond acceptors (Lipinski definition) is 3. The Hall–Kier alpha value is -1.07. The molecule has 19 heavy (non-hydrogen) atoms. The van der Waals surface area contributed by atoms with Gasteiger partial charge in [0, 0.05) is 24.2 Å². The molecule has 0 aliphatic carbocycles. The van der Waals surface area contributed by atoms with Crippen LogP contribution < -0.4 is 5.73 Å². The summed E-state index contributed by atoms with van der Waals surface area (Å²) in [6.07, 6.45) is 2.14. The second-order valence-electron chi connectivity index (χ2n) is 5.61. The van der Waals surface area contributed by atoms with E-state index in [2.05, 4.69) is 38.5 Å². The molecule has 3 rings (SSSR count). The molecule has 0 saturated carbocycles. The van der Waals surface area contributed by atoms with Crippen LogP contribution in [0.3, 0.4) is 0 Å². The van der Waals surface area contributed by atoms with Gasteiger partial charge in [-0.15, -0.1) is 0 Å². The van der Waals surface area contributed by atoms with Gasteiger partial charge in [-0.1, -0.05) is 22.9 Å². The lowest BCUT2D eigenvalue weighted by Crippen LogP contribution is -2.31. The van der Waals surface area contributed by atoms with Gasteiger partial charge in [-0.2, -0.15) is 0 Å². The Labute approximate surface area is 121 Å². The lowest BCUT2D eigenvalue weighted by Gasteiger charge is -2.34. The van der Waals surface area contributed by atoms with Crippen molar-refractivity contribution in [1.29, 1.82) is 0 Å². The van der Waals surface area contributed by atoms with Crippen molar-refractivity contribution in [3.05, 3.63) is 22.7 Å². The predicted molar refractivity (Wildman–Crippen MR) is 80.0 cm³/mol. The molecule has 2 heterocycles. The van der Waals surface area contributed by atoms with E-state index < -0.39 is 0 Å². The summed E-state index contributed by atoms with van der Waals surface area (Å²) in [4.78, 5) is 4.45. The van der Waals surface area contributed by atoms with Crippen LogP contribution in [-0.4, -0.2) is 22.8 Å². The predicted octanol–water partition coefficient (Wildman–Crippen LogP) is 3.20. The third kappa shape index (κ3) is 2.49. The highest BCUT2D eigenvalue weighted by Gasteiger charge is 2.29. The number of ether oxygens (including phenoxy) is 1. The number of aromatic nitrogens is 2. The van der Waals surface area contributed by atoms with E-state index in [4.69, 9.17) is 10.5 Å². The summed E-state index contributed by atoms with van der Waals surface area (Å²) in [5, 5.41) is 0. The summed E-state index contributed by atoms with van der Waals surface area (Å²) in [5.74, 6) is 0.598. The SMILES string of the molecule is CC1(Cn2c(N)nc3cc(Br)ccc32)CCOCC1. The fourth-order valence-electron chi connectivity index (χ4n) is 2.69. The van der Waals surface area contributed by atoms with Crippen LogP contribution in [0.1, 0.15) is 19.8 Å². The van der Waals surface area contributed by atoms with Crippen LogP contribution >= 0.6 is 15.9 Å². The molecule has 5 heteroatoms. The highest BCUT2D eigenvalue weighted by molar-refractivity contribution is 9.10. The maximum absolute atomic E-state index is 6.08. The van der Waals surface area contributed by atoms with Crippen molar-refractivity contribution in [2.75, 3.05) is 18.9 Å². The van der Waals surface area contributed by atoms with E-state index in [1.54, 1.807) is 0 Å². The largest absolute Gasteiger partial charge is 0.381 e. The van der Waals surface area contributed by atoms with Crippen molar-refractivity contribution in [2.45, 2.75) is 26.3 Å². The Morgan fingerprint density at radius 3 is 2.89 bits per heavy atom. The van der Waals surface area contributed by atoms with Gasteiger partial charge in [0.25, 0.3) is 0 Å². The number of halogens is 1. The van der Waals surface area contributed by atoms with Gasteiger partial charge in [0.2, 0.25) is 5.95 Å². The maximum atomic E-state index is 6.08. The molecule has 1 aliphatic heterocycles. The minimum absolute atomic E-state index is 0.243. The molecule has 1 aliphatic rings. The van der Waals surface area contributed by atoms with Crippen LogP contribution in [-0.2, 0) is 11.3 Å². The minimum Gasteiger partial charge on any atom is -0.381 e. The van der Waals surface area contributed by atoms with Crippen LogP contribution in [0.15, 0.2) is 22.7 Å². The van der Waals surface area contributed by atoms with Crippen molar-refractivity contribution < 1.29 is 4.74 Å². The Kier molecular flexibility index (Phi) is 3.27. The summed E-state index contributed by atoms with van der Waals surface area (Å²) in [5.41, 5.74) is 8.38. The Morgan fingerprint density at radius 2 is 2.16 bits per heavy atom. The second-order valence-corrected chi connectivity index (χ2v) is 6.53. The molecular formula is C14H18BrN3O. The third-order valence-electron chi connectivity index (χ3n) is 3.98. The smallest absolute Gasteiger partial charge is 0.201 e. The summed E-state index contributed by atoms with van der Waals surface area (Å²) < 4.78 is 8.62. The highest BCUT2D eigenvalue weighted by Crippen LogP contribution is 2.34. The van der Waals surface area contributed by atoms with E-state index in [0.29, 0.717) is 5.95 Å². The summed E-state index contributed by atoms with van der Waals surface area (Å²) >= 11 is 3.47. The van der Waals surface area contributed by atoms with Crippen molar-refractivity contribution in [3.8, 4) is 0 Å². The molecule has 2 aromatic rings. The van der Waals surface area contributed by atoms with Crippen LogP contribution in [0.25, 0.3) is 11.0 Å². The molecule has 2 N–H and O–H groups in total. The van der Waals surface area contributed by atoms with E-state index in [9.17, 15) is 0 Å². The zero-order valence-corrected chi connectivity index (χ0v) is 12.6. The third-order valence-corrected chi connectivity index (χ3v) is 4.47. The number of benzene rings is 1. The molecule has 0 spiro atoms. The first-order valence-corrected chi connectivity index (χ1v) is 7.36. The number of nitrogen functional groups attached to an aromatic ring is 1. The lowest BCUT2D eigenvalue weighted by atomic mass is 9.82. The molecule has 1 fully saturated rings. The molecule has 102 valence electrons. The summed E-state index contributed by atoms with van der Waals surface area (Å²) in [7, 11) is 0. The molecule has 1 aromatic heterocycles. The Bertz CT molecular complexity index is 602. The van der Waals surface area contributed by atoms with Gasteiger partial charge in [-0.25, -0.2) is 4.98 Å². The van der Waals surface area contributed by atoms with E-state index in [1.165, 1.54) is 0 Å². The number of nitrogens with zero attached hydrogens (tertiary/aromatic N) is 2. The first kappa shape index (κ1) is 12.9. The van der Waals surface area contributed by atoms with Crippen LogP contribution in [0.2, 0.25) is 0 Å². The molecule has 4 nitrogen and oxygen atoms in total. The van der Waals surface area contributed by atoms with E-state index in [-0.39, 0.29) is 5.41 Å². The van der Waals surface area contributed by atoms with Gasteiger partial charge in [0.1, 0.15) is 0 Å². The summed E-state index contributed by atoms with van der Waals surface area (Å²) in [6.45, 7) is 4.89. The summed E-state index contributed by atoms with van der Waals surface area (Å²) in [6, 6.07) is 6.12. The Morgan fingerprint density at radius 1 is 1.42 bits per heavy atom. The van der Waals surface area contributed by atoms with E-state index in [1.807, 2.05) is 12.1 Å².